The standard InChI is InChI=1S/C18H18ClN3O4/c1-10(20-17(24)11-6-7-26-9-11)16(23)22-13-4-5-14(15(19)8-13)18(25)21-12-2-3-12/h4-10,12H,2-3H2,1H3,(H,20,24)(H,21,25)(H,22,23). The molecule has 136 valence electrons. The smallest absolute Gasteiger partial charge is 0.255 e. The average molecular weight is 376 g/mol. The lowest BCUT2D eigenvalue weighted by Crippen LogP contribution is -2.41. The van der Waals surface area contributed by atoms with Crippen molar-refractivity contribution in [3.63, 3.8) is 0 Å². The van der Waals surface area contributed by atoms with Gasteiger partial charge in [0.25, 0.3) is 11.8 Å². The second kappa shape index (κ2) is 7.61. The summed E-state index contributed by atoms with van der Waals surface area (Å²) < 4.78 is 4.84. The molecule has 0 bridgehead atoms. The maximum Gasteiger partial charge on any atom is 0.255 e. The Kier molecular flexibility index (Phi) is 5.27. The van der Waals surface area contributed by atoms with Gasteiger partial charge in [-0.15, -0.1) is 0 Å². The van der Waals surface area contributed by atoms with Crippen molar-refractivity contribution in [3.05, 3.63) is 52.9 Å². The zero-order valence-corrected chi connectivity index (χ0v) is 14.8. The molecule has 1 aromatic heterocycles. The van der Waals surface area contributed by atoms with Gasteiger partial charge in [0.05, 0.1) is 22.4 Å². The monoisotopic (exact) mass is 375 g/mol. The number of carbonyl (C=O) groups excluding carboxylic acids is 3. The summed E-state index contributed by atoms with van der Waals surface area (Å²) in [5.41, 5.74) is 1.13. The SMILES string of the molecule is CC(NC(=O)c1ccoc1)C(=O)Nc1ccc(C(=O)NC2CC2)c(Cl)c1. The Hall–Kier alpha value is -2.80. The van der Waals surface area contributed by atoms with Crippen molar-refractivity contribution in [2.24, 2.45) is 0 Å². The normalized spacial score (nSPS) is 14.4. The van der Waals surface area contributed by atoms with E-state index in [1.807, 2.05) is 0 Å². The van der Waals surface area contributed by atoms with E-state index < -0.39 is 17.9 Å². The van der Waals surface area contributed by atoms with Crippen LogP contribution in [-0.4, -0.2) is 29.8 Å². The molecule has 1 saturated carbocycles. The van der Waals surface area contributed by atoms with Crippen LogP contribution in [0.3, 0.4) is 0 Å². The number of rotatable bonds is 6. The summed E-state index contributed by atoms with van der Waals surface area (Å²) in [7, 11) is 0. The Morgan fingerprint density at radius 2 is 1.96 bits per heavy atom. The third kappa shape index (κ3) is 4.43. The molecule has 3 rings (SSSR count). The van der Waals surface area contributed by atoms with Gasteiger partial charge < -0.3 is 20.4 Å². The lowest BCUT2D eigenvalue weighted by atomic mass is 10.1. The van der Waals surface area contributed by atoms with E-state index >= 15 is 0 Å². The van der Waals surface area contributed by atoms with Crippen molar-refractivity contribution < 1.29 is 18.8 Å². The molecule has 1 aromatic carbocycles. The van der Waals surface area contributed by atoms with E-state index in [0.717, 1.165) is 12.8 Å². The van der Waals surface area contributed by atoms with Gasteiger partial charge >= 0.3 is 0 Å². The molecule has 1 fully saturated rings. The minimum Gasteiger partial charge on any atom is -0.472 e. The van der Waals surface area contributed by atoms with E-state index in [2.05, 4.69) is 16.0 Å². The fraction of sp³-hybridized carbons (Fsp3) is 0.278. The van der Waals surface area contributed by atoms with Crippen LogP contribution < -0.4 is 16.0 Å². The highest BCUT2D eigenvalue weighted by Crippen LogP contribution is 2.24. The molecule has 1 aliphatic rings. The fourth-order valence-electron chi connectivity index (χ4n) is 2.26. The van der Waals surface area contributed by atoms with Crippen LogP contribution in [0.2, 0.25) is 5.02 Å². The quantitative estimate of drug-likeness (QED) is 0.722. The molecular weight excluding hydrogens is 358 g/mol. The van der Waals surface area contributed by atoms with Crippen LogP contribution in [-0.2, 0) is 4.79 Å². The van der Waals surface area contributed by atoms with Crippen molar-refractivity contribution in [1.29, 1.82) is 0 Å². The molecule has 7 nitrogen and oxygen atoms in total. The molecule has 2 aromatic rings. The molecule has 1 heterocycles. The zero-order chi connectivity index (χ0) is 18.7. The summed E-state index contributed by atoms with van der Waals surface area (Å²) in [5.74, 6) is -1.05. The number of amides is 3. The molecule has 0 spiro atoms. The molecule has 1 atom stereocenters. The van der Waals surface area contributed by atoms with E-state index in [4.69, 9.17) is 16.0 Å². The first-order chi connectivity index (χ1) is 12.4. The van der Waals surface area contributed by atoms with Crippen LogP contribution >= 0.6 is 11.6 Å². The zero-order valence-electron chi connectivity index (χ0n) is 14.0. The molecule has 8 heteroatoms. The van der Waals surface area contributed by atoms with Gasteiger partial charge in [-0.2, -0.15) is 0 Å². The molecule has 0 aliphatic heterocycles. The molecule has 0 saturated heterocycles. The van der Waals surface area contributed by atoms with Crippen molar-refractivity contribution in [3.8, 4) is 0 Å². The van der Waals surface area contributed by atoms with Gasteiger partial charge in [0.2, 0.25) is 5.91 Å². The summed E-state index contributed by atoms with van der Waals surface area (Å²) in [4.78, 5) is 36.2. The minimum absolute atomic E-state index is 0.226. The van der Waals surface area contributed by atoms with Gasteiger partial charge in [0.15, 0.2) is 0 Å². The Morgan fingerprint density at radius 3 is 2.58 bits per heavy atom. The summed E-state index contributed by atoms with van der Waals surface area (Å²) in [5, 5.41) is 8.33. The number of halogens is 1. The van der Waals surface area contributed by atoms with E-state index in [9.17, 15) is 14.4 Å². The van der Waals surface area contributed by atoms with Crippen LogP contribution in [0.4, 0.5) is 5.69 Å². The van der Waals surface area contributed by atoms with Crippen LogP contribution in [0.25, 0.3) is 0 Å². The van der Waals surface area contributed by atoms with Gasteiger partial charge in [0.1, 0.15) is 12.3 Å². The highest BCUT2D eigenvalue weighted by Gasteiger charge is 2.25. The Labute approximate surface area is 155 Å². The van der Waals surface area contributed by atoms with Crippen LogP contribution in [0.15, 0.2) is 41.2 Å². The van der Waals surface area contributed by atoms with Gasteiger partial charge in [-0.25, -0.2) is 0 Å². The summed E-state index contributed by atoms with van der Waals surface area (Å²) in [6.45, 7) is 1.56. The third-order valence-corrected chi connectivity index (χ3v) is 4.23. The van der Waals surface area contributed by atoms with Gasteiger partial charge in [0, 0.05) is 11.7 Å². The number of carbonyl (C=O) groups is 3. The summed E-state index contributed by atoms with van der Waals surface area (Å²) in [6, 6.07) is 5.63. The highest BCUT2D eigenvalue weighted by atomic mass is 35.5. The predicted molar refractivity (Wildman–Crippen MR) is 96.2 cm³/mol. The van der Waals surface area contributed by atoms with Crippen LogP contribution in [0, 0.1) is 0 Å². The molecular formula is C18H18ClN3O4. The average Bonchev–Trinajstić information content (AvgIpc) is 3.23. The number of anilines is 1. The Bertz CT molecular complexity index is 831. The van der Waals surface area contributed by atoms with Crippen molar-refractivity contribution in [2.45, 2.75) is 31.8 Å². The van der Waals surface area contributed by atoms with Gasteiger partial charge in [-0.1, -0.05) is 11.6 Å². The molecule has 0 radical (unpaired) electrons. The lowest BCUT2D eigenvalue weighted by Gasteiger charge is -2.14. The maximum absolute atomic E-state index is 12.2. The molecule has 3 amide bonds. The van der Waals surface area contributed by atoms with Crippen LogP contribution in [0.5, 0.6) is 0 Å². The van der Waals surface area contributed by atoms with Gasteiger partial charge in [-0.3, -0.25) is 14.4 Å². The molecule has 26 heavy (non-hydrogen) atoms. The number of nitrogens with one attached hydrogen (secondary N) is 3. The number of hydrogen-bond acceptors (Lipinski definition) is 4. The first kappa shape index (κ1) is 18.0. The molecule has 3 N–H and O–H groups in total. The predicted octanol–water partition coefficient (Wildman–Crippen LogP) is 2.58. The first-order valence-electron chi connectivity index (χ1n) is 8.18. The van der Waals surface area contributed by atoms with Crippen LogP contribution in [0.1, 0.15) is 40.5 Å². The first-order valence-corrected chi connectivity index (χ1v) is 8.56. The van der Waals surface area contributed by atoms with E-state index in [0.29, 0.717) is 16.8 Å². The summed E-state index contributed by atoms with van der Waals surface area (Å²) >= 11 is 6.15. The fourth-order valence-corrected chi connectivity index (χ4v) is 2.52. The number of hydrogen-bond donors (Lipinski definition) is 3. The van der Waals surface area contributed by atoms with E-state index in [1.54, 1.807) is 19.1 Å². The van der Waals surface area contributed by atoms with Gasteiger partial charge in [-0.05, 0) is 44.0 Å². The third-order valence-electron chi connectivity index (χ3n) is 3.92. The van der Waals surface area contributed by atoms with Crippen molar-refractivity contribution in [2.75, 3.05) is 5.32 Å². The lowest BCUT2D eigenvalue weighted by molar-refractivity contribution is -0.117. The minimum atomic E-state index is -0.769. The molecule has 1 unspecified atom stereocenters. The highest BCUT2D eigenvalue weighted by molar-refractivity contribution is 6.34. The van der Waals surface area contributed by atoms with E-state index in [1.165, 1.54) is 24.7 Å². The Balaban J connectivity index is 1.58. The van der Waals surface area contributed by atoms with Crippen molar-refractivity contribution >= 4 is 35.0 Å². The topological polar surface area (TPSA) is 100 Å². The maximum atomic E-state index is 12.2. The second-order valence-electron chi connectivity index (χ2n) is 6.14. The number of furan rings is 1. The number of benzene rings is 1. The second-order valence-corrected chi connectivity index (χ2v) is 6.55. The Morgan fingerprint density at radius 1 is 1.19 bits per heavy atom. The van der Waals surface area contributed by atoms with E-state index in [-0.39, 0.29) is 17.0 Å². The molecule has 1 aliphatic carbocycles. The summed E-state index contributed by atoms with van der Waals surface area (Å²) in [6.07, 6.45) is 4.65. The van der Waals surface area contributed by atoms with Crippen molar-refractivity contribution in [1.82, 2.24) is 10.6 Å². The largest absolute Gasteiger partial charge is 0.472 e.